The molecule has 6 aromatic carbocycles. The minimum absolute atomic E-state index is 0.752. The summed E-state index contributed by atoms with van der Waals surface area (Å²) in [7, 11) is 0. The fourth-order valence-electron chi connectivity index (χ4n) is 8.10. The average Bonchev–Trinajstić information content (AvgIpc) is 3.90. The molecule has 6 nitrogen and oxygen atoms in total. The molecule has 0 saturated carbocycles. The Morgan fingerprint density at radius 3 is 1.02 bits per heavy atom. The SMILES string of the molecule is c1ccc(-n2c3ccccc3c3c4ccccc4n(-c4cncc(-n5c6ccccc6c6c7ccccc7n(-c7ccccc7)c65)n4)c32)cc1. The molecule has 0 aliphatic rings. The molecular formula is C44H28N6. The smallest absolute Gasteiger partial charge is 0.159 e. The van der Waals surface area contributed by atoms with Gasteiger partial charge in [-0.2, -0.15) is 0 Å². The molecule has 0 fully saturated rings. The molecule has 0 amide bonds. The Labute approximate surface area is 286 Å². The van der Waals surface area contributed by atoms with Gasteiger partial charge in [-0.3, -0.25) is 23.3 Å². The monoisotopic (exact) mass is 640 g/mol. The maximum Gasteiger partial charge on any atom is 0.159 e. The second-order valence-corrected chi connectivity index (χ2v) is 12.7. The fraction of sp³-hybridized carbons (Fsp3) is 0. The van der Waals surface area contributed by atoms with Gasteiger partial charge < -0.3 is 0 Å². The van der Waals surface area contributed by atoms with E-state index in [9.17, 15) is 0 Å². The lowest BCUT2D eigenvalue weighted by Crippen LogP contribution is -2.08. The van der Waals surface area contributed by atoms with Gasteiger partial charge in [0.2, 0.25) is 0 Å². The summed E-state index contributed by atoms with van der Waals surface area (Å²) in [6.45, 7) is 0. The molecule has 0 atom stereocenters. The molecule has 234 valence electrons. The topological polar surface area (TPSA) is 45.5 Å². The number of hydrogen-bond donors (Lipinski definition) is 0. The van der Waals surface area contributed by atoms with E-state index in [-0.39, 0.29) is 0 Å². The molecule has 0 radical (unpaired) electrons. The van der Waals surface area contributed by atoms with Crippen molar-refractivity contribution >= 4 is 65.7 Å². The summed E-state index contributed by atoms with van der Waals surface area (Å²) >= 11 is 0. The van der Waals surface area contributed by atoms with Gasteiger partial charge in [0.1, 0.15) is 11.3 Å². The van der Waals surface area contributed by atoms with Gasteiger partial charge >= 0.3 is 0 Å². The van der Waals surface area contributed by atoms with E-state index in [1.54, 1.807) is 0 Å². The number of fused-ring (bicyclic) bond motifs is 10. The van der Waals surface area contributed by atoms with Crippen molar-refractivity contribution in [2.24, 2.45) is 0 Å². The van der Waals surface area contributed by atoms with Crippen LogP contribution < -0.4 is 0 Å². The average molecular weight is 641 g/mol. The molecule has 0 saturated heterocycles. The minimum atomic E-state index is 0.752. The first-order valence-corrected chi connectivity index (χ1v) is 16.9. The van der Waals surface area contributed by atoms with Crippen LogP contribution >= 0.6 is 0 Å². The number of benzene rings is 6. The van der Waals surface area contributed by atoms with Crippen molar-refractivity contribution in [1.29, 1.82) is 0 Å². The third kappa shape index (κ3) is 3.62. The summed E-state index contributed by atoms with van der Waals surface area (Å²) in [6.07, 6.45) is 3.77. The summed E-state index contributed by atoms with van der Waals surface area (Å²) in [5.41, 5.74) is 8.78. The molecule has 5 aromatic heterocycles. The summed E-state index contributed by atoms with van der Waals surface area (Å²) in [5.74, 6) is 1.50. The second kappa shape index (κ2) is 10.3. The molecule has 0 aliphatic carbocycles. The van der Waals surface area contributed by atoms with Crippen LogP contribution in [0.3, 0.4) is 0 Å². The molecular weight excluding hydrogens is 613 g/mol. The largest absolute Gasteiger partial charge is 0.295 e. The standard InChI is InChI=1S/C44H28N6/c1-3-15-29(16-4-1)47-35-23-11-7-19-31(35)41-33-21-9-13-25-37(33)49(43(41)47)39-27-45-28-40(46-39)50-38-26-14-10-22-34(38)42-32-20-8-12-24-36(32)48(44(42)50)30-17-5-2-6-18-30/h1-28H. The van der Waals surface area contributed by atoms with Crippen molar-refractivity contribution in [3.8, 4) is 23.0 Å². The van der Waals surface area contributed by atoms with E-state index >= 15 is 0 Å². The fourth-order valence-corrected chi connectivity index (χ4v) is 8.10. The highest BCUT2D eigenvalue weighted by molar-refractivity contribution is 6.23. The van der Waals surface area contributed by atoms with Gasteiger partial charge in [0.15, 0.2) is 11.6 Å². The molecule has 0 bridgehead atoms. The van der Waals surface area contributed by atoms with Gasteiger partial charge in [-0.1, -0.05) is 109 Å². The van der Waals surface area contributed by atoms with Crippen LogP contribution in [0.15, 0.2) is 170 Å². The zero-order valence-corrected chi connectivity index (χ0v) is 26.8. The van der Waals surface area contributed by atoms with Crippen LogP contribution in [0.4, 0.5) is 0 Å². The van der Waals surface area contributed by atoms with E-state index in [1.165, 1.54) is 32.3 Å². The van der Waals surface area contributed by atoms with Crippen molar-refractivity contribution in [3.05, 3.63) is 170 Å². The summed E-state index contributed by atoms with van der Waals surface area (Å²) in [4.78, 5) is 10.4. The zero-order chi connectivity index (χ0) is 32.8. The Morgan fingerprint density at radius 2 is 0.640 bits per heavy atom. The van der Waals surface area contributed by atoms with Crippen LogP contribution in [0.25, 0.3) is 88.7 Å². The predicted octanol–water partition coefficient (Wildman–Crippen LogP) is 10.6. The third-order valence-electron chi connectivity index (χ3n) is 10.0. The van der Waals surface area contributed by atoms with E-state index in [4.69, 9.17) is 9.97 Å². The molecule has 11 aromatic rings. The molecule has 11 rings (SSSR count). The zero-order valence-electron chi connectivity index (χ0n) is 26.8. The maximum atomic E-state index is 5.50. The second-order valence-electron chi connectivity index (χ2n) is 12.7. The van der Waals surface area contributed by atoms with Crippen molar-refractivity contribution in [1.82, 2.24) is 28.2 Å². The Morgan fingerprint density at radius 1 is 0.320 bits per heavy atom. The van der Waals surface area contributed by atoms with Crippen LogP contribution in [0, 0.1) is 0 Å². The number of aromatic nitrogens is 6. The van der Waals surface area contributed by atoms with E-state index in [2.05, 4.69) is 176 Å². The van der Waals surface area contributed by atoms with E-state index < -0.39 is 0 Å². The highest BCUT2D eigenvalue weighted by Gasteiger charge is 2.25. The number of rotatable bonds is 4. The third-order valence-corrected chi connectivity index (χ3v) is 10.0. The molecule has 5 heterocycles. The lowest BCUT2D eigenvalue weighted by Gasteiger charge is -2.14. The van der Waals surface area contributed by atoms with Crippen molar-refractivity contribution in [2.45, 2.75) is 0 Å². The first-order chi connectivity index (χ1) is 24.9. The van der Waals surface area contributed by atoms with Gasteiger partial charge in [0, 0.05) is 43.7 Å². The maximum absolute atomic E-state index is 5.50. The number of para-hydroxylation sites is 6. The Balaban J connectivity index is 1.27. The highest BCUT2D eigenvalue weighted by atomic mass is 15.2. The molecule has 0 N–H and O–H groups in total. The molecule has 0 unspecified atom stereocenters. The predicted molar refractivity (Wildman–Crippen MR) is 204 cm³/mol. The Bertz CT molecular complexity index is 2880. The first-order valence-electron chi connectivity index (χ1n) is 16.9. The Kier molecular flexibility index (Phi) is 5.57. The number of hydrogen-bond acceptors (Lipinski definition) is 2. The van der Waals surface area contributed by atoms with Crippen LogP contribution in [0.1, 0.15) is 0 Å². The van der Waals surface area contributed by atoms with Gasteiger partial charge in [0.05, 0.1) is 34.5 Å². The van der Waals surface area contributed by atoms with Crippen LogP contribution in [-0.2, 0) is 0 Å². The molecule has 0 aliphatic heterocycles. The van der Waals surface area contributed by atoms with Crippen LogP contribution in [0.5, 0.6) is 0 Å². The van der Waals surface area contributed by atoms with Crippen molar-refractivity contribution < 1.29 is 0 Å². The van der Waals surface area contributed by atoms with E-state index in [1.807, 2.05) is 12.4 Å². The lowest BCUT2D eigenvalue weighted by atomic mass is 10.1. The van der Waals surface area contributed by atoms with Crippen LogP contribution in [0.2, 0.25) is 0 Å². The lowest BCUT2D eigenvalue weighted by molar-refractivity contribution is 0.947. The highest BCUT2D eigenvalue weighted by Crippen LogP contribution is 2.42. The van der Waals surface area contributed by atoms with E-state index in [0.29, 0.717) is 0 Å². The molecule has 6 heteroatoms. The van der Waals surface area contributed by atoms with E-state index in [0.717, 1.165) is 56.4 Å². The van der Waals surface area contributed by atoms with Crippen molar-refractivity contribution in [2.75, 3.05) is 0 Å². The van der Waals surface area contributed by atoms with Gasteiger partial charge in [0.25, 0.3) is 0 Å². The first kappa shape index (κ1) is 27.1. The summed E-state index contributed by atoms with van der Waals surface area (Å²) in [5, 5.41) is 7.17. The van der Waals surface area contributed by atoms with Gasteiger partial charge in [-0.05, 0) is 48.5 Å². The van der Waals surface area contributed by atoms with Gasteiger partial charge in [-0.15, -0.1) is 0 Å². The van der Waals surface area contributed by atoms with Crippen LogP contribution in [-0.4, -0.2) is 28.2 Å². The summed E-state index contributed by atoms with van der Waals surface area (Å²) < 4.78 is 9.28. The summed E-state index contributed by atoms with van der Waals surface area (Å²) in [6, 6.07) is 55.7. The quantitative estimate of drug-likeness (QED) is 0.192. The molecule has 50 heavy (non-hydrogen) atoms. The Hall–Kier alpha value is -6.92. The minimum Gasteiger partial charge on any atom is -0.295 e. The number of nitrogens with zero attached hydrogens (tertiary/aromatic N) is 6. The van der Waals surface area contributed by atoms with Crippen molar-refractivity contribution in [3.63, 3.8) is 0 Å². The van der Waals surface area contributed by atoms with Gasteiger partial charge in [-0.25, -0.2) is 4.98 Å². The molecule has 0 spiro atoms. The normalized spacial score (nSPS) is 12.0.